The van der Waals surface area contributed by atoms with Crippen LogP contribution in [-0.2, 0) is 4.79 Å². The first kappa shape index (κ1) is 14.5. The minimum absolute atomic E-state index is 0.0386. The summed E-state index contributed by atoms with van der Waals surface area (Å²) in [5, 5.41) is 12.5. The molecule has 2 N–H and O–H groups in total. The van der Waals surface area contributed by atoms with Gasteiger partial charge in [0.05, 0.1) is 12.0 Å². The van der Waals surface area contributed by atoms with E-state index in [0.717, 1.165) is 44.5 Å². The lowest BCUT2D eigenvalue weighted by atomic mass is 9.93. The van der Waals surface area contributed by atoms with Gasteiger partial charge >= 0.3 is 12.0 Å². The van der Waals surface area contributed by atoms with Crippen LogP contribution in [0.15, 0.2) is 0 Å². The van der Waals surface area contributed by atoms with E-state index >= 15 is 0 Å². The number of carbonyl (C=O) groups excluding carboxylic acids is 1. The third-order valence-electron chi connectivity index (χ3n) is 3.95. The second kappa shape index (κ2) is 6.03. The van der Waals surface area contributed by atoms with Gasteiger partial charge in [-0.25, -0.2) is 4.79 Å². The van der Waals surface area contributed by atoms with Gasteiger partial charge in [0, 0.05) is 24.1 Å². The first-order valence-corrected chi connectivity index (χ1v) is 7.96. The van der Waals surface area contributed by atoms with Gasteiger partial charge in [-0.05, 0) is 12.8 Å². The molecule has 2 fully saturated rings. The fourth-order valence-corrected chi connectivity index (χ4v) is 4.01. The van der Waals surface area contributed by atoms with Crippen molar-refractivity contribution in [3.8, 4) is 0 Å². The number of rotatable bonds is 3. The number of thioether (sulfide) groups is 1. The first-order valence-electron chi connectivity index (χ1n) is 6.91. The second-order valence-corrected chi connectivity index (χ2v) is 7.16. The second-order valence-electron chi connectivity index (χ2n) is 5.62. The third-order valence-corrected chi connectivity index (χ3v) is 5.09. The molecule has 0 aromatic rings. The Hall–Kier alpha value is -0.910. The van der Waals surface area contributed by atoms with Crippen LogP contribution in [0.4, 0.5) is 4.79 Å². The van der Waals surface area contributed by atoms with Gasteiger partial charge in [0.25, 0.3) is 0 Å². The number of hydrogen-bond acceptors (Lipinski definition) is 3. The van der Waals surface area contributed by atoms with Gasteiger partial charge in [-0.15, -0.1) is 0 Å². The summed E-state index contributed by atoms with van der Waals surface area (Å²) in [7, 11) is 0. The summed E-state index contributed by atoms with van der Waals surface area (Å²) >= 11 is 1.88. The van der Waals surface area contributed by atoms with E-state index in [4.69, 9.17) is 5.11 Å². The molecule has 1 heterocycles. The van der Waals surface area contributed by atoms with Crippen LogP contribution in [-0.4, -0.2) is 51.6 Å². The molecule has 6 heteroatoms. The normalized spacial score (nSPS) is 26.2. The maximum absolute atomic E-state index is 12.3. The van der Waals surface area contributed by atoms with Crippen molar-refractivity contribution in [2.75, 3.05) is 18.8 Å². The van der Waals surface area contributed by atoms with Gasteiger partial charge in [0.1, 0.15) is 0 Å². The topological polar surface area (TPSA) is 69.6 Å². The molecule has 0 spiro atoms. The molecule has 2 amide bonds. The molecule has 0 aromatic carbocycles. The largest absolute Gasteiger partial charge is 0.481 e. The number of carbonyl (C=O) groups is 2. The van der Waals surface area contributed by atoms with Crippen LogP contribution < -0.4 is 5.32 Å². The molecule has 0 radical (unpaired) electrons. The highest BCUT2D eigenvalue weighted by Gasteiger charge is 2.38. The Labute approximate surface area is 118 Å². The summed E-state index contributed by atoms with van der Waals surface area (Å²) < 4.78 is 0. The van der Waals surface area contributed by atoms with Crippen LogP contribution in [0.5, 0.6) is 0 Å². The molecule has 108 valence electrons. The molecule has 19 heavy (non-hydrogen) atoms. The molecule has 1 saturated heterocycles. The van der Waals surface area contributed by atoms with Crippen LogP contribution >= 0.6 is 11.8 Å². The fraction of sp³-hybridized carbons (Fsp3) is 0.846. The summed E-state index contributed by atoms with van der Waals surface area (Å²) in [6.07, 6.45) is 3.60. The van der Waals surface area contributed by atoms with Gasteiger partial charge in [-0.3, -0.25) is 4.79 Å². The quantitative estimate of drug-likeness (QED) is 0.831. The van der Waals surface area contributed by atoms with Crippen molar-refractivity contribution in [1.29, 1.82) is 0 Å². The monoisotopic (exact) mass is 286 g/mol. The van der Waals surface area contributed by atoms with E-state index in [9.17, 15) is 9.59 Å². The molecule has 1 unspecified atom stereocenters. The summed E-state index contributed by atoms with van der Waals surface area (Å²) in [6.45, 7) is 3.62. The fourth-order valence-electron chi connectivity index (χ4n) is 3.00. The van der Waals surface area contributed by atoms with E-state index in [0.29, 0.717) is 5.25 Å². The SMILES string of the molecule is CC1CN(C(=O)NC2(CC(=O)O)CCCC2)CCS1. The lowest BCUT2D eigenvalue weighted by Gasteiger charge is -2.35. The average molecular weight is 286 g/mol. The van der Waals surface area contributed by atoms with Gasteiger partial charge < -0.3 is 15.3 Å². The van der Waals surface area contributed by atoms with E-state index < -0.39 is 11.5 Å². The Bertz CT molecular complexity index is 356. The van der Waals surface area contributed by atoms with Crippen molar-refractivity contribution in [1.82, 2.24) is 10.2 Å². The Kier molecular flexibility index (Phi) is 4.60. The molecule has 1 aliphatic heterocycles. The molecule has 0 aromatic heterocycles. The molecule has 2 rings (SSSR count). The van der Waals surface area contributed by atoms with Gasteiger partial charge in [0.15, 0.2) is 0 Å². The summed E-state index contributed by atoms with van der Waals surface area (Å²) in [4.78, 5) is 25.1. The Balaban J connectivity index is 1.96. The van der Waals surface area contributed by atoms with E-state index in [-0.39, 0.29) is 12.5 Å². The number of carboxylic acid groups (broad SMARTS) is 1. The number of nitrogens with zero attached hydrogens (tertiary/aromatic N) is 1. The maximum atomic E-state index is 12.3. The van der Waals surface area contributed by atoms with E-state index in [1.807, 2.05) is 16.7 Å². The number of nitrogens with one attached hydrogen (secondary N) is 1. The predicted octanol–water partition coefficient (Wildman–Crippen LogP) is 1.92. The van der Waals surface area contributed by atoms with Crippen molar-refractivity contribution in [2.24, 2.45) is 0 Å². The Morgan fingerprint density at radius 3 is 2.68 bits per heavy atom. The van der Waals surface area contributed by atoms with Gasteiger partial charge in [-0.2, -0.15) is 11.8 Å². The standard InChI is InChI=1S/C13H22N2O3S/c1-10-9-15(6-7-19-10)12(18)14-13(8-11(16)17)4-2-3-5-13/h10H,2-9H2,1H3,(H,14,18)(H,16,17). The lowest BCUT2D eigenvalue weighted by molar-refractivity contribution is -0.138. The number of hydrogen-bond donors (Lipinski definition) is 2. The number of aliphatic carboxylic acids is 1. The van der Waals surface area contributed by atoms with Crippen molar-refractivity contribution in [3.05, 3.63) is 0 Å². The van der Waals surface area contributed by atoms with Crippen molar-refractivity contribution >= 4 is 23.8 Å². The van der Waals surface area contributed by atoms with Crippen LogP contribution in [0.2, 0.25) is 0 Å². The molecular weight excluding hydrogens is 264 g/mol. The zero-order chi connectivity index (χ0) is 13.9. The van der Waals surface area contributed by atoms with Crippen LogP contribution in [0.25, 0.3) is 0 Å². The molecule has 2 aliphatic rings. The average Bonchev–Trinajstić information content (AvgIpc) is 2.76. The molecular formula is C13H22N2O3S. The smallest absolute Gasteiger partial charge is 0.317 e. The molecule has 1 atom stereocenters. The van der Waals surface area contributed by atoms with Crippen molar-refractivity contribution < 1.29 is 14.7 Å². The first-order chi connectivity index (χ1) is 9.01. The summed E-state index contributed by atoms with van der Waals surface area (Å²) in [6, 6.07) is -0.0877. The van der Waals surface area contributed by atoms with Crippen LogP contribution in [0, 0.1) is 0 Å². The highest BCUT2D eigenvalue weighted by atomic mass is 32.2. The molecule has 1 aliphatic carbocycles. The zero-order valence-electron chi connectivity index (χ0n) is 11.4. The van der Waals surface area contributed by atoms with Crippen molar-refractivity contribution in [2.45, 2.75) is 49.8 Å². The number of urea groups is 1. The van der Waals surface area contributed by atoms with Crippen LogP contribution in [0.1, 0.15) is 39.0 Å². The Morgan fingerprint density at radius 2 is 2.11 bits per heavy atom. The summed E-state index contributed by atoms with van der Waals surface area (Å²) in [5.74, 6) is 0.130. The van der Waals surface area contributed by atoms with E-state index in [2.05, 4.69) is 12.2 Å². The van der Waals surface area contributed by atoms with E-state index in [1.54, 1.807) is 0 Å². The number of amides is 2. The zero-order valence-corrected chi connectivity index (χ0v) is 12.2. The lowest BCUT2D eigenvalue weighted by Crippen LogP contribution is -2.55. The molecule has 5 nitrogen and oxygen atoms in total. The number of carboxylic acids is 1. The predicted molar refractivity (Wildman–Crippen MR) is 75.5 cm³/mol. The minimum Gasteiger partial charge on any atom is -0.481 e. The maximum Gasteiger partial charge on any atom is 0.317 e. The molecule has 1 saturated carbocycles. The van der Waals surface area contributed by atoms with Crippen LogP contribution in [0.3, 0.4) is 0 Å². The Morgan fingerprint density at radius 1 is 1.42 bits per heavy atom. The third kappa shape index (κ3) is 3.78. The highest BCUT2D eigenvalue weighted by Crippen LogP contribution is 2.33. The van der Waals surface area contributed by atoms with Crippen molar-refractivity contribution in [3.63, 3.8) is 0 Å². The molecule has 0 bridgehead atoms. The van der Waals surface area contributed by atoms with Gasteiger partial charge in [0.2, 0.25) is 0 Å². The van der Waals surface area contributed by atoms with Gasteiger partial charge in [-0.1, -0.05) is 19.8 Å². The summed E-state index contributed by atoms with van der Waals surface area (Å²) in [5.41, 5.74) is -0.517. The highest BCUT2D eigenvalue weighted by molar-refractivity contribution is 7.99. The van der Waals surface area contributed by atoms with E-state index in [1.165, 1.54) is 0 Å². The minimum atomic E-state index is -0.829.